The Labute approximate surface area is 182 Å². The van der Waals surface area contributed by atoms with Crippen LogP contribution in [-0.2, 0) is 0 Å². The van der Waals surface area contributed by atoms with Gasteiger partial charge in [-0.2, -0.15) is 0 Å². The van der Waals surface area contributed by atoms with Gasteiger partial charge in [-0.1, -0.05) is 40.5 Å². The number of rotatable bonds is 10. The smallest absolute Gasteiger partial charge is 0.269 e. The maximum absolute atomic E-state index is 11.0. The van der Waals surface area contributed by atoms with Gasteiger partial charge in [0.25, 0.3) is 5.69 Å². The average molecular weight is 416 g/mol. The van der Waals surface area contributed by atoms with Gasteiger partial charge in [0.1, 0.15) is 0 Å². The lowest BCUT2D eigenvalue weighted by molar-refractivity contribution is -0.384. The van der Waals surface area contributed by atoms with E-state index in [4.69, 9.17) is 4.99 Å². The van der Waals surface area contributed by atoms with Crippen molar-refractivity contribution >= 4 is 17.1 Å². The number of aryl methyl sites for hydroxylation is 1. The summed E-state index contributed by atoms with van der Waals surface area (Å²) in [6, 6.07) is 5.56. The third-order valence-corrected chi connectivity index (χ3v) is 6.98. The molecule has 4 atom stereocenters. The van der Waals surface area contributed by atoms with Gasteiger partial charge >= 0.3 is 0 Å². The molecule has 0 saturated heterocycles. The predicted octanol–water partition coefficient (Wildman–Crippen LogP) is 6.85. The van der Waals surface area contributed by atoms with Crippen molar-refractivity contribution in [1.29, 1.82) is 0 Å². The Hall–Kier alpha value is -1.75. The van der Waals surface area contributed by atoms with Crippen LogP contribution in [0, 0.1) is 40.7 Å². The lowest BCUT2D eigenvalue weighted by Crippen LogP contribution is -2.39. The Balaban J connectivity index is 1.97. The summed E-state index contributed by atoms with van der Waals surface area (Å²) < 4.78 is 0. The summed E-state index contributed by atoms with van der Waals surface area (Å²) in [5.74, 6) is 2.70. The van der Waals surface area contributed by atoms with Crippen molar-refractivity contribution in [3.8, 4) is 0 Å². The summed E-state index contributed by atoms with van der Waals surface area (Å²) in [5.41, 5.74) is 2.94. The highest BCUT2D eigenvalue weighted by Crippen LogP contribution is 2.34. The molecule has 1 saturated carbocycles. The van der Waals surface area contributed by atoms with Crippen molar-refractivity contribution < 1.29 is 4.92 Å². The number of nitrogens with zero attached hydrogens (tertiary/aromatic N) is 2. The molecule has 0 aromatic heterocycles. The average Bonchev–Trinajstić information content (AvgIpc) is 2.69. The predicted molar refractivity (Wildman–Crippen MR) is 127 cm³/mol. The minimum absolute atomic E-state index is 0.125. The molecule has 0 heterocycles. The van der Waals surface area contributed by atoms with E-state index in [1.807, 2.05) is 6.92 Å². The minimum atomic E-state index is -0.353. The quantitative estimate of drug-likeness (QED) is 0.258. The second-order valence-corrected chi connectivity index (χ2v) is 9.58. The van der Waals surface area contributed by atoms with Gasteiger partial charge in [-0.25, -0.2) is 0 Å². The van der Waals surface area contributed by atoms with Crippen LogP contribution in [0.5, 0.6) is 0 Å². The number of benzene rings is 1. The highest BCUT2D eigenvalue weighted by Gasteiger charge is 2.28. The van der Waals surface area contributed by atoms with Gasteiger partial charge in [0.05, 0.1) is 10.6 Å². The number of non-ortho nitro benzene ring substituents is 1. The fourth-order valence-corrected chi connectivity index (χ4v) is 4.86. The van der Waals surface area contributed by atoms with Crippen molar-refractivity contribution in [2.75, 3.05) is 6.54 Å². The van der Waals surface area contributed by atoms with Crippen LogP contribution in [0.4, 0.5) is 11.4 Å². The lowest BCUT2D eigenvalue weighted by Gasteiger charge is -2.36. The number of hydrogen-bond donors (Lipinski definition) is 1. The van der Waals surface area contributed by atoms with Gasteiger partial charge in [-0.05, 0) is 81.4 Å². The minimum Gasteiger partial charge on any atom is -0.314 e. The first kappa shape index (κ1) is 24.5. The summed E-state index contributed by atoms with van der Waals surface area (Å²) in [6.07, 6.45) is 7.53. The van der Waals surface area contributed by atoms with Crippen LogP contribution in [0.2, 0.25) is 0 Å². The molecule has 168 valence electrons. The first-order valence-electron chi connectivity index (χ1n) is 11.8. The number of aliphatic imine (C=N–C) groups is 1. The monoisotopic (exact) mass is 415 g/mol. The molecule has 1 aliphatic carbocycles. The summed E-state index contributed by atoms with van der Waals surface area (Å²) in [4.78, 5) is 15.4. The molecule has 5 nitrogen and oxygen atoms in total. The zero-order chi connectivity index (χ0) is 22.3. The highest BCUT2D eigenvalue weighted by atomic mass is 16.6. The van der Waals surface area contributed by atoms with Crippen LogP contribution in [0.1, 0.15) is 78.7 Å². The Kier molecular flexibility index (Phi) is 9.47. The molecule has 2 rings (SSSR count). The van der Waals surface area contributed by atoms with Crippen molar-refractivity contribution in [3.63, 3.8) is 0 Å². The van der Waals surface area contributed by atoms with E-state index in [2.05, 4.69) is 39.9 Å². The molecule has 1 fully saturated rings. The summed E-state index contributed by atoms with van der Waals surface area (Å²) in [5, 5.41) is 14.8. The van der Waals surface area contributed by atoms with E-state index in [1.165, 1.54) is 32.1 Å². The number of nitro groups is 1. The molecule has 1 aromatic carbocycles. The molecule has 30 heavy (non-hydrogen) atoms. The van der Waals surface area contributed by atoms with Crippen LogP contribution in [0.3, 0.4) is 0 Å². The number of nitrogens with one attached hydrogen (secondary N) is 1. The van der Waals surface area contributed by atoms with E-state index in [0.29, 0.717) is 12.0 Å². The summed E-state index contributed by atoms with van der Waals surface area (Å²) in [6.45, 7) is 14.4. The molecular formula is C25H41N3O2. The van der Waals surface area contributed by atoms with Crippen LogP contribution < -0.4 is 5.32 Å². The molecule has 1 aromatic rings. The van der Waals surface area contributed by atoms with Crippen LogP contribution >= 0.6 is 0 Å². The zero-order valence-electron chi connectivity index (χ0n) is 19.8. The first-order valence-corrected chi connectivity index (χ1v) is 11.8. The largest absolute Gasteiger partial charge is 0.314 e. The van der Waals surface area contributed by atoms with Gasteiger partial charge in [0.2, 0.25) is 0 Å². The summed E-state index contributed by atoms with van der Waals surface area (Å²) in [7, 11) is 0. The molecule has 0 spiro atoms. The van der Waals surface area contributed by atoms with E-state index in [0.717, 1.165) is 47.7 Å². The van der Waals surface area contributed by atoms with E-state index in [9.17, 15) is 10.1 Å². The molecule has 1 aliphatic rings. The molecule has 0 amide bonds. The molecule has 5 heteroatoms. The second kappa shape index (κ2) is 11.6. The third kappa shape index (κ3) is 7.19. The van der Waals surface area contributed by atoms with Gasteiger partial charge in [0.15, 0.2) is 0 Å². The van der Waals surface area contributed by atoms with Gasteiger partial charge < -0.3 is 5.32 Å². The van der Waals surface area contributed by atoms with Crippen LogP contribution in [0.15, 0.2) is 23.2 Å². The number of hydrogen-bond acceptors (Lipinski definition) is 4. The highest BCUT2D eigenvalue weighted by molar-refractivity contribution is 5.87. The molecule has 0 aliphatic heterocycles. The SMILES string of the molecule is CCC(CC)CNC1CC(C)CC(CC(C)C(C)=Nc2ccc([N+](=O)[O-])cc2C)C1. The molecule has 0 radical (unpaired) electrons. The molecule has 0 bridgehead atoms. The van der Waals surface area contributed by atoms with Crippen molar-refractivity contribution in [1.82, 2.24) is 5.32 Å². The normalized spacial score (nSPS) is 23.6. The maximum Gasteiger partial charge on any atom is 0.269 e. The van der Waals surface area contributed by atoms with Gasteiger partial charge in [-0.15, -0.1) is 0 Å². The first-order chi connectivity index (χ1) is 14.2. The second-order valence-electron chi connectivity index (χ2n) is 9.58. The topological polar surface area (TPSA) is 67.5 Å². The number of nitro benzene ring substituents is 1. The van der Waals surface area contributed by atoms with E-state index in [-0.39, 0.29) is 10.6 Å². The molecule has 4 unspecified atom stereocenters. The fraction of sp³-hybridized carbons (Fsp3) is 0.720. The Bertz CT molecular complexity index is 727. The standard InChI is InChI=1S/C25H41N3O2/c1-7-21(8-2)16-26-23-12-17(3)11-22(15-23)13-18(4)20(6)27-25-10-9-24(28(29)30)14-19(25)5/h9-10,14,17-18,21-23,26H,7-8,11-13,15-16H2,1-6H3. The van der Waals surface area contributed by atoms with Crippen LogP contribution in [-0.4, -0.2) is 23.2 Å². The fourth-order valence-electron chi connectivity index (χ4n) is 4.86. The molecular weight excluding hydrogens is 374 g/mol. The maximum atomic E-state index is 11.0. The van der Waals surface area contributed by atoms with Gasteiger partial charge in [-0.3, -0.25) is 15.1 Å². The Morgan fingerprint density at radius 3 is 2.57 bits per heavy atom. The molecule has 1 N–H and O–H groups in total. The van der Waals surface area contributed by atoms with Crippen molar-refractivity contribution in [3.05, 3.63) is 33.9 Å². The van der Waals surface area contributed by atoms with Gasteiger partial charge in [0, 0.05) is 23.9 Å². The van der Waals surface area contributed by atoms with E-state index in [1.54, 1.807) is 18.2 Å². The Morgan fingerprint density at radius 2 is 1.97 bits per heavy atom. The van der Waals surface area contributed by atoms with Crippen molar-refractivity contribution in [2.45, 2.75) is 86.1 Å². The van der Waals surface area contributed by atoms with E-state index < -0.39 is 0 Å². The van der Waals surface area contributed by atoms with E-state index >= 15 is 0 Å². The van der Waals surface area contributed by atoms with Crippen LogP contribution in [0.25, 0.3) is 0 Å². The van der Waals surface area contributed by atoms with Crippen molar-refractivity contribution in [2.24, 2.45) is 28.7 Å². The third-order valence-electron chi connectivity index (χ3n) is 6.98. The lowest BCUT2D eigenvalue weighted by atomic mass is 9.75. The zero-order valence-corrected chi connectivity index (χ0v) is 19.8. The summed E-state index contributed by atoms with van der Waals surface area (Å²) >= 11 is 0. The Morgan fingerprint density at radius 1 is 1.27 bits per heavy atom.